The first kappa shape index (κ1) is 24.6. The predicted molar refractivity (Wildman–Crippen MR) is 108 cm³/mol. The molecule has 0 aliphatic carbocycles. The van der Waals surface area contributed by atoms with E-state index in [1.54, 1.807) is 13.8 Å². The van der Waals surface area contributed by atoms with Gasteiger partial charge in [-0.1, -0.05) is 23.0 Å². The Balaban J connectivity index is 5.38. The van der Waals surface area contributed by atoms with Gasteiger partial charge in [0.05, 0.1) is 31.7 Å². The van der Waals surface area contributed by atoms with Gasteiger partial charge in [-0.15, -0.1) is 0 Å². The van der Waals surface area contributed by atoms with Crippen LogP contribution in [0, 0.1) is 0 Å². The van der Waals surface area contributed by atoms with Crippen LogP contribution in [0.15, 0.2) is 23.0 Å². The highest BCUT2D eigenvalue weighted by Crippen LogP contribution is 2.62. The van der Waals surface area contributed by atoms with Gasteiger partial charge in [0, 0.05) is 5.75 Å². The third-order valence-corrected chi connectivity index (χ3v) is 9.98. The van der Waals surface area contributed by atoms with E-state index in [-0.39, 0.29) is 0 Å². The van der Waals surface area contributed by atoms with Crippen molar-refractivity contribution in [2.75, 3.05) is 32.2 Å². The van der Waals surface area contributed by atoms with E-state index in [9.17, 15) is 4.57 Å². The molecule has 142 valence electrons. The number of rotatable bonds is 13. The third kappa shape index (κ3) is 9.30. The van der Waals surface area contributed by atoms with Gasteiger partial charge in [0.1, 0.15) is 0 Å². The van der Waals surface area contributed by atoms with Crippen LogP contribution in [0.1, 0.15) is 41.5 Å². The maximum atomic E-state index is 13.0. The van der Waals surface area contributed by atoms with Gasteiger partial charge < -0.3 is 18.1 Å². The molecule has 0 fully saturated rings. The molecule has 0 aromatic rings. The molecular formula is C15H30O5P2S2. The molecule has 0 aliphatic rings. The Hall–Kier alpha value is 0.550. The van der Waals surface area contributed by atoms with E-state index in [1.165, 1.54) is 11.4 Å². The minimum atomic E-state index is -3.33. The van der Waals surface area contributed by atoms with Crippen molar-refractivity contribution in [3.63, 3.8) is 0 Å². The summed E-state index contributed by atoms with van der Waals surface area (Å²) in [5.74, 6) is 0.514. The Morgan fingerprint density at radius 2 is 1.42 bits per heavy atom. The van der Waals surface area contributed by atoms with Crippen LogP contribution in [0.5, 0.6) is 0 Å². The Kier molecular flexibility index (Phi) is 13.1. The monoisotopic (exact) mass is 416 g/mol. The maximum Gasteiger partial charge on any atom is 0.361 e. The average molecular weight is 416 g/mol. The summed E-state index contributed by atoms with van der Waals surface area (Å²) in [5.41, 5.74) is -1.37. The van der Waals surface area contributed by atoms with Gasteiger partial charge in [0.25, 0.3) is 0 Å². The first-order chi connectivity index (χ1) is 11.3. The van der Waals surface area contributed by atoms with Crippen LogP contribution in [-0.2, 0) is 34.5 Å². The summed E-state index contributed by atoms with van der Waals surface area (Å²) in [7, 11) is -3.33. The summed E-state index contributed by atoms with van der Waals surface area (Å²) >= 11 is 6.91. The zero-order valence-corrected chi connectivity index (χ0v) is 18.9. The standard InChI is InChI=1S/C15H30O5P2S2/c1-7-17-21(16,18-8-2)15(13-14(5)6)11-12-24-22(23,19-9-3)20-10-4/h11,13H,7-10,12H2,1-6H3/b15-11+. The van der Waals surface area contributed by atoms with Crippen molar-refractivity contribution in [2.24, 2.45) is 0 Å². The van der Waals surface area contributed by atoms with Crippen molar-refractivity contribution in [3.8, 4) is 0 Å². The fourth-order valence-electron chi connectivity index (χ4n) is 1.71. The summed E-state index contributed by atoms with van der Waals surface area (Å²) in [4.78, 5) is 0. The lowest BCUT2D eigenvalue weighted by molar-refractivity contribution is 0.227. The summed E-state index contributed by atoms with van der Waals surface area (Å²) in [6, 6.07) is 0. The van der Waals surface area contributed by atoms with Crippen molar-refractivity contribution >= 4 is 36.5 Å². The van der Waals surface area contributed by atoms with Gasteiger partial charge >= 0.3 is 7.60 Å². The Morgan fingerprint density at radius 3 is 1.79 bits per heavy atom. The molecule has 24 heavy (non-hydrogen) atoms. The van der Waals surface area contributed by atoms with Gasteiger partial charge in [0.2, 0.25) is 5.69 Å². The van der Waals surface area contributed by atoms with E-state index in [1.807, 2.05) is 39.8 Å². The van der Waals surface area contributed by atoms with Crippen LogP contribution in [0.2, 0.25) is 0 Å². The number of hydrogen-bond donors (Lipinski definition) is 0. The molecular weight excluding hydrogens is 386 g/mol. The van der Waals surface area contributed by atoms with E-state index in [0.29, 0.717) is 37.5 Å². The molecule has 0 aromatic carbocycles. The second kappa shape index (κ2) is 12.8. The van der Waals surface area contributed by atoms with Gasteiger partial charge in [-0.05, 0) is 59.4 Å². The Labute approximate surface area is 156 Å². The predicted octanol–water partition coefficient (Wildman–Crippen LogP) is 6.13. The fraction of sp³-hybridized carbons (Fsp3) is 0.733. The molecule has 9 heteroatoms. The summed E-state index contributed by atoms with van der Waals surface area (Å²) in [6.07, 6.45) is 3.67. The lowest BCUT2D eigenvalue weighted by Crippen LogP contribution is -1.99. The zero-order valence-electron chi connectivity index (χ0n) is 15.4. The van der Waals surface area contributed by atoms with Crippen LogP contribution in [0.4, 0.5) is 0 Å². The lowest BCUT2D eigenvalue weighted by atomic mass is 10.3. The molecule has 0 aliphatic heterocycles. The van der Waals surface area contributed by atoms with Crippen molar-refractivity contribution in [1.82, 2.24) is 0 Å². The second-order valence-corrected chi connectivity index (χ2v) is 13.1. The van der Waals surface area contributed by atoms with Gasteiger partial charge in [-0.25, -0.2) is 0 Å². The molecule has 0 amide bonds. The molecule has 0 atom stereocenters. The molecule has 0 aromatic heterocycles. The smallest absolute Gasteiger partial charge is 0.322 e. The molecule has 5 nitrogen and oxygen atoms in total. The Bertz CT molecular complexity index is 496. The van der Waals surface area contributed by atoms with E-state index < -0.39 is 13.3 Å². The number of hydrogen-bond acceptors (Lipinski definition) is 7. The highest BCUT2D eigenvalue weighted by molar-refractivity contribution is 8.67. The molecule has 0 N–H and O–H groups in total. The van der Waals surface area contributed by atoms with Crippen LogP contribution < -0.4 is 0 Å². The minimum Gasteiger partial charge on any atom is -0.322 e. The zero-order chi connectivity index (χ0) is 18.6. The highest BCUT2D eigenvalue weighted by atomic mass is 32.9. The largest absolute Gasteiger partial charge is 0.361 e. The van der Waals surface area contributed by atoms with E-state index in [0.717, 1.165) is 5.57 Å². The summed E-state index contributed by atoms with van der Waals surface area (Å²) in [6.45, 7) is 12.9. The van der Waals surface area contributed by atoms with Crippen molar-refractivity contribution < 1.29 is 22.7 Å². The van der Waals surface area contributed by atoms with Gasteiger partial charge in [0.15, 0.2) is 0 Å². The van der Waals surface area contributed by atoms with Crippen LogP contribution in [0.3, 0.4) is 0 Å². The van der Waals surface area contributed by atoms with Crippen LogP contribution in [0.25, 0.3) is 0 Å². The van der Waals surface area contributed by atoms with Gasteiger partial charge in [-0.2, -0.15) is 0 Å². The SMILES string of the molecule is CCOP(=O)(OCC)/C(C=C(C)C)=C/CSP(=S)(OCC)OCC. The molecule has 0 saturated carbocycles. The third-order valence-electron chi connectivity index (χ3n) is 2.45. The first-order valence-electron chi connectivity index (χ1n) is 8.05. The van der Waals surface area contributed by atoms with Crippen molar-refractivity contribution in [1.29, 1.82) is 0 Å². The Morgan fingerprint density at radius 1 is 0.958 bits per heavy atom. The molecule has 0 heterocycles. The van der Waals surface area contributed by atoms with Crippen LogP contribution in [-0.4, -0.2) is 32.2 Å². The molecule has 0 saturated heterocycles. The maximum absolute atomic E-state index is 13.0. The first-order valence-corrected chi connectivity index (χ1v) is 13.8. The highest BCUT2D eigenvalue weighted by Gasteiger charge is 2.28. The number of allylic oxidation sites excluding steroid dienone is 3. The normalized spacial score (nSPS) is 13.2. The molecule has 0 unspecified atom stereocenters. The van der Waals surface area contributed by atoms with Gasteiger partial charge in [-0.3, -0.25) is 4.57 Å². The van der Waals surface area contributed by atoms with Crippen molar-refractivity contribution in [3.05, 3.63) is 23.0 Å². The summed E-state index contributed by atoms with van der Waals surface area (Å²) < 4.78 is 35.1. The molecule has 0 rings (SSSR count). The van der Waals surface area contributed by atoms with E-state index in [2.05, 4.69) is 0 Å². The lowest BCUT2D eigenvalue weighted by Gasteiger charge is -2.21. The van der Waals surface area contributed by atoms with E-state index >= 15 is 0 Å². The minimum absolute atomic E-state index is 0.314. The summed E-state index contributed by atoms with van der Waals surface area (Å²) in [5, 5.41) is 0.549. The van der Waals surface area contributed by atoms with Crippen LogP contribution >= 0.6 is 24.7 Å². The quantitative estimate of drug-likeness (QED) is 0.264. The fourth-order valence-corrected chi connectivity index (χ4v) is 7.94. The molecule has 0 bridgehead atoms. The molecule has 0 radical (unpaired) electrons. The second-order valence-electron chi connectivity index (χ2n) is 4.76. The van der Waals surface area contributed by atoms with E-state index in [4.69, 9.17) is 29.9 Å². The average Bonchev–Trinajstić information content (AvgIpc) is 2.46. The topological polar surface area (TPSA) is 54.0 Å². The molecule has 0 spiro atoms. The van der Waals surface area contributed by atoms with Crippen molar-refractivity contribution in [2.45, 2.75) is 41.5 Å².